The van der Waals surface area contributed by atoms with Crippen LogP contribution in [0.3, 0.4) is 0 Å². The van der Waals surface area contributed by atoms with Gasteiger partial charge in [0.25, 0.3) is 0 Å². The fourth-order valence-corrected chi connectivity index (χ4v) is 7.26. The Morgan fingerprint density at radius 3 is 1.36 bits per heavy atom. The van der Waals surface area contributed by atoms with Gasteiger partial charge in [-0.1, -0.05) is 0 Å². The summed E-state index contributed by atoms with van der Waals surface area (Å²) < 4.78 is 76.4. The monoisotopic (exact) mass is 868 g/mol. The number of hydrogen-bond donors (Lipinski definition) is 14. The van der Waals surface area contributed by atoms with Gasteiger partial charge in [-0.15, -0.1) is 0 Å². The molecule has 0 aliphatic carbocycles. The number of carbonyl (C=O) groups excluding carboxylic acids is 3. The SMILES string of the molecule is CC(=O)N[C@H]1C(O)O[C@H](COS(=O)(=O)O)[C@@H](O[C@@H]2O[C@H](CO)[C@@H](O[C@@H]3O[C@@H](CO)C(O[C@@H]4O[C@H](CO)[C@@H](O)[C@H](O)[C@H]4N)C(O)[C@H]3NC(C)=O)[C@H](O)[C@H]2NC(C)=O)C1O. The number of aliphatic hydroxyl groups excluding tert-OH is 9. The summed E-state index contributed by atoms with van der Waals surface area (Å²) in [6.07, 6.45) is -28.0. The van der Waals surface area contributed by atoms with E-state index in [1.54, 1.807) is 0 Å². The van der Waals surface area contributed by atoms with Crippen molar-refractivity contribution in [1.29, 1.82) is 0 Å². The van der Waals surface area contributed by atoms with Crippen molar-refractivity contribution in [1.82, 2.24) is 16.0 Å². The predicted octanol–water partition coefficient (Wildman–Crippen LogP) is -9.52. The summed E-state index contributed by atoms with van der Waals surface area (Å²) in [5.74, 6) is -2.34. The predicted molar refractivity (Wildman–Crippen MR) is 181 cm³/mol. The molecule has 27 nitrogen and oxygen atoms in total. The maximum Gasteiger partial charge on any atom is 0.397 e. The average molecular weight is 869 g/mol. The highest BCUT2D eigenvalue weighted by Gasteiger charge is 2.56. The van der Waals surface area contributed by atoms with Gasteiger partial charge in [-0.3, -0.25) is 18.9 Å². The summed E-state index contributed by atoms with van der Waals surface area (Å²) in [6, 6.07) is -6.41. The van der Waals surface area contributed by atoms with Gasteiger partial charge in [-0.2, -0.15) is 8.42 Å². The highest BCUT2D eigenvalue weighted by Crippen LogP contribution is 2.34. The van der Waals surface area contributed by atoms with Crippen molar-refractivity contribution in [2.45, 2.75) is 143 Å². The molecule has 4 aliphatic heterocycles. The van der Waals surface area contributed by atoms with Gasteiger partial charge >= 0.3 is 10.4 Å². The van der Waals surface area contributed by atoms with Gasteiger partial charge in [0.1, 0.15) is 91.4 Å². The van der Waals surface area contributed by atoms with E-state index in [1.807, 2.05) is 0 Å². The van der Waals surface area contributed by atoms with Gasteiger partial charge in [0.15, 0.2) is 25.2 Å². The van der Waals surface area contributed by atoms with Crippen molar-refractivity contribution in [3.63, 3.8) is 0 Å². The molecule has 4 unspecified atom stereocenters. The molecule has 58 heavy (non-hydrogen) atoms. The van der Waals surface area contributed by atoms with Crippen molar-refractivity contribution in [2.24, 2.45) is 5.73 Å². The Bertz CT molecular complexity index is 1500. The average Bonchev–Trinajstić information content (AvgIpc) is 3.14. The summed E-state index contributed by atoms with van der Waals surface area (Å²) in [5, 5.41) is 103. The fraction of sp³-hybridized carbons (Fsp3) is 0.900. The van der Waals surface area contributed by atoms with E-state index in [2.05, 4.69) is 20.1 Å². The van der Waals surface area contributed by atoms with E-state index in [0.717, 1.165) is 20.8 Å². The molecule has 0 spiro atoms. The minimum absolute atomic E-state index is 0.757. The van der Waals surface area contributed by atoms with Gasteiger partial charge in [0.2, 0.25) is 17.7 Å². The van der Waals surface area contributed by atoms with Crippen LogP contribution < -0.4 is 21.7 Å². The number of amides is 3. The Balaban J connectivity index is 1.62. The van der Waals surface area contributed by atoms with Crippen LogP contribution in [0.15, 0.2) is 0 Å². The third-order valence-electron chi connectivity index (χ3n) is 9.69. The zero-order valence-electron chi connectivity index (χ0n) is 31.1. The van der Waals surface area contributed by atoms with E-state index in [-0.39, 0.29) is 0 Å². The lowest BCUT2D eigenvalue weighted by atomic mass is 9.93. The number of nitrogens with two attached hydrogens (primary N) is 1. The lowest BCUT2D eigenvalue weighted by Gasteiger charge is -2.50. The van der Waals surface area contributed by atoms with Gasteiger partial charge in [-0.25, -0.2) is 4.18 Å². The maximum atomic E-state index is 12.4. The molecule has 336 valence electrons. The first-order valence-electron chi connectivity index (χ1n) is 17.8. The molecule has 0 saturated carbocycles. The molecule has 0 bridgehead atoms. The summed E-state index contributed by atoms with van der Waals surface area (Å²) in [7, 11) is -5.13. The van der Waals surface area contributed by atoms with Crippen LogP contribution in [-0.4, -0.2) is 226 Å². The van der Waals surface area contributed by atoms with E-state index < -0.39 is 177 Å². The maximum absolute atomic E-state index is 12.4. The number of nitrogens with one attached hydrogen (secondary N) is 3. The van der Waals surface area contributed by atoms with E-state index in [1.165, 1.54) is 0 Å². The Labute approximate surface area is 330 Å². The van der Waals surface area contributed by atoms with E-state index >= 15 is 0 Å². The van der Waals surface area contributed by atoms with Crippen molar-refractivity contribution in [3.05, 3.63) is 0 Å². The Hall–Kier alpha value is -2.40. The molecule has 3 amide bonds. The Morgan fingerprint density at radius 2 is 0.948 bits per heavy atom. The first kappa shape index (κ1) is 48.3. The second-order valence-electron chi connectivity index (χ2n) is 14.0. The summed E-state index contributed by atoms with van der Waals surface area (Å²) in [4.78, 5) is 36.6. The number of ether oxygens (including phenoxy) is 7. The minimum Gasteiger partial charge on any atom is -0.394 e. The summed E-state index contributed by atoms with van der Waals surface area (Å²) in [5.41, 5.74) is 5.97. The number of hydrogen-bond acceptors (Lipinski definition) is 23. The number of carbonyl (C=O) groups is 3. The molecular formula is C30H52N4O23S. The third kappa shape index (κ3) is 11.5. The molecule has 15 N–H and O–H groups in total. The number of rotatable bonds is 15. The Kier molecular flexibility index (Phi) is 17.0. The van der Waals surface area contributed by atoms with Crippen LogP contribution in [0, 0.1) is 0 Å². The quantitative estimate of drug-likeness (QED) is 0.0680. The molecule has 4 heterocycles. The van der Waals surface area contributed by atoms with Crippen molar-refractivity contribution >= 4 is 28.1 Å². The first-order valence-corrected chi connectivity index (χ1v) is 19.2. The van der Waals surface area contributed by atoms with Crippen LogP contribution in [0.4, 0.5) is 0 Å². The Morgan fingerprint density at radius 1 is 0.569 bits per heavy atom. The highest BCUT2D eigenvalue weighted by atomic mass is 32.3. The second-order valence-corrected chi connectivity index (χ2v) is 15.1. The van der Waals surface area contributed by atoms with E-state index in [0.29, 0.717) is 0 Å². The second kappa shape index (κ2) is 20.4. The normalized spacial score (nSPS) is 43.6. The zero-order chi connectivity index (χ0) is 43.4. The van der Waals surface area contributed by atoms with Crippen LogP contribution in [0.25, 0.3) is 0 Å². The first-order chi connectivity index (χ1) is 27.1. The summed E-state index contributed by atoms with van der Waals surface area (Å²) >= 11 is 0. The molecule has 0 aromatic rings. The van der Waals surface area contributed by atoms with Crippen LogP contribution >= 0.6 is 0 Å². The van der Waals surface area contributed by atoms with Crippen molar-refractivity contribution < 1.29 is 111 Å². The van der Waals surface area contributed by atoms with E-state index in [9.17, 15) is 68.8 Å². The molecule has 0 radical (unpaired) electrons. The minimum atomic E-state index is -5.13. The molecule has 4 saturated heterocycles. The van der Waals surface area contributed by atoms with Crippen molar-refractivity contribution in [2.75, 3.05) is 26.4 Å². The molecule has 20 atom stereocenters. The lowest BCUT2D eigenvalue weighted by molar-refractivity contribution is -0.361. The number of aliphatic hydroxyl groups is 9. The lowest BCUT2D eigenvalue weighted by Crippen LogP contribution is -2.71. The molecule has 4 fully saturated rings. The van der Waals surface area contributed by atoms with Crippen LogP contribution in [0.5, 0.6) is 0 Å². The van der Waals surface area contributed by atoms with Gasteiger partial charge in [0, 0.05) is 20.8 Å². The zero-order valence-corrected chi connectivity index (χ0v) is 32.0. The molecule has 0 aromatic carbocycles. The fourth-order valence-electron chi connectivity index (χ4n) is 6.95. The molecule has 4 aliphatic rings. The molecule has 0 aromatic heterocycles. The summed E-state index contributed by atoms with van der Waals surface area (Å²) in [6.45, 7) is -0.659. The molecule has 28 heteroatoms. The van der Waals surface area contributed by atoms with Crippen molar-refractivity contribution in [3.8, 4) is 0 Å². The smallest absolute Gasteiger partial charge is 0.394 e. The topological polar surface area (TPSA) is 424 Å². The van der Waals surface area contributed by atoms with E-state index in [4.69, 9.17) is 43.4 Å². The van der Waals surface area contributed by atoms with Gasteiger partial charge < -0.3 is 101 Å². The third-order valence-corrected chi connectivity index (χ3v) is 10.1. The van der Waals surface area contributed by atoms with Crippen LogP contribution in [0.1, 0.15) is 20.8 Å². The molecular weight excluding hydrogens is 816 g/mol. The van der Waals surface area contributed by atoms with Crippen LogP contribution in [-0.2, 0) is 62.1 Å². The largest absolute Gasteiger partial charge is 0.397 e. The van der Waals surface area contributed by atoms with Gasteiger partial charge in [0.05, 0.1) is 32.5 Å². The van der Waals surface area contributed by atoms with Gasteiger partial charge in [-0.05, 0) is 0 Å². The highest BCUT2D eigenvalue weighted by molar-refractivity contribution is 7.80. The van der Waals surface area contributed by atoms with Crippen LogP contribution in [0.2, 0.25) is 0 Å². The molecule has 4 rings (SSSR count). The standard InChI is InChI=1S/C30H52N4O23S/c1-8(38)32-16-21(43)26(14(51-27(16)46)7-50-58(47,48)49)57-30-18(34-10(3)40)23(45)25(13(6-37)54-30)56-29-17(33-9(2)39)22(44)24(12(5-36)53-29)55-28-15(31)20(42)19(41)11(4-35)52-28/h11-30,35-37,41-46H,4-7,31H2,1-3H3,(H,32,38)(H,33,39)(H,34,40)(H,47,48,49)/t11-,12+,13-,14-,15-,16-,17-,18-,19-,20-,21?,22?,23-,24?,25-,26-,27?,28+,29+,30+/m1/s1.